The highest BCUT2D eigenvalue weighted by Crippen LogP contribution is 2.26. The summed E-state index contributed by atoms with van der Waals surface area (Å²) >= 11 is 0. The van der Waals surface area contributed by atoms with E-state index in [0.29, 0.717) is 6.54 Å². The molecule has 0 atom stereocenters. The first-order valence-electron chi connectivity index (χ1n) is 9.51. The highest BCUT2D eigenvalue weighted by Gasteiger charge is 2.21. The van der Waals surface area contributed by atoms with Crippen molar-refractivity contribution in [2.75, 3.05) is 19.6 Å². The van der Waals surface area contributed by atoms with Crippen LogP contribution in [0.4, 0.5) is 0 Å². The number of aromatic nitrogens is 2. The van der Waals surface area contributed by atoms with Crippen LogP contribution in [0, 0.1) is 6.92 Å². The molecule has 27 heavy (non-hydrogen) atoms. The molecular weight excluding hydrogens is 338 g/mol. The Labute approximate surface area is 159 Å². The van der Waals surface area contributed by atoms with Crippen LogP contribution in [0.1, 0.15) is 25.3 Å². The van der Waals surface area contributed by atoms with Crippen molar-refractivity contribution in [2.45, 2.75) is 32.8 Å². The number of Topliss-reactive ketones (excluding diaryl/α,β-unsaturated/α-hetero) is 1. The zero-order valence-electron chi connectivity index (χ0n) is 15.9. The van der Waals surface area contributed by atoms with Crippen molar-refractivity contribution in [1.82, 2.24) is 14.3 Å². The van der Waals surface area contributed by atoms with Crippen LogP contribution >= 0.6 is 0 Å². The van der Waals surface area contributed by atoms with Gasteiger partial charge in [0.25, 0.3) is 0 Å². The number of fused-ring (bicyclic) bond motifs is 1. The number of hydrogen-bond donors (Lipinski definition) is 0. The SMILES string of the molecule is CC(=O)CN1CCC(Oc2ccc(-c3cc(C)c4nccn4c3)cc2)CC1. The van der Waals surface area contributed by atoms with Crippen molar-refractivity contribution in [2.24, 2.45) is 0 Å². The molecule has 1 fully saturated rings. The Morgan fingerprint density at radius 1 is 1.19 bits per heavy atom. The summed E-state index contributed by atoms with van der Waals surface area (Å²) in [5.74, 6) is 1.14. The Bertz CT molecular complexity index is 938. The lowest BCUT2D eigenvalue weighted by atomic mass is 10.1. The molecule has 0 amide bonds. The molecule has 0 unspecified atom stereocenters. The second kappa shape index (κ2) is 7.53. The molecule has 1 saturated heterocycles. The topological polar surface area (TPSA) is 46.8 Å². The number of ether oxygens (including phenoxy) is 1. The lowest BCUT2D eigenvalue weighted by Crippen LogP contribution is -2.40. The van der Waals surface area contributed by atoms with Crippen molar-refractivity contribution in [3.63, 3.8) is 0 Å². The minimum Gasteiger partial charge on any atom is -0.490 e. The van der Waals surface area contributed by atoms with Gasteiger partial charge in [0.05, 0.1) is 6.54 Å². The van der Waals surface area contributed by atoms with Crippen molar-refractivity contribution in [3.8, 4) is 16.9 Å². The van der Waals surface area contributed by atoms with Gasteiger partial charge in [0.2, 0.25) is 0 Å². The van der Waals surface area contributed by atoms with E-state index in [-0.39, 0.29) is 11.9 Å². The van der Waals surface area contributed by atoms with E-state index in [1.165, 1.54) is 5.56 Å². The average Bonchev–Trinajstić information content (AvgIpc) is 3.13. The molecule has 1 aliphatic rings. The van der Waals surface area contributed by atoms with E-state index in [4.69, 9.17) is 4.74 Å². The summed E-state index contributed by atoms with van der Waals surface area (Å²) < 4.78 is 8.21. The van der Waals surface area contributed by atoms with Gasteiger partial charge in [-0.25, -0.2) is 4.98 Å². The number of hydrogen-bond acceptors (Lipinski definition) is 4. The number of benzene rings is 1. The monoisotopic (exact) mass is 363 g/mol. The minimum absolute atomic E-state index is 0.226. The van der Waals surface area contributed by atoms with Gasteiger partial charge in [-0.2, -0.15) is 0 Å². The Balaban J connectivity index is 1.41. The van der Waals surface area contributed by atoms with Crippen molar-refractivity contribution in [1.29, 1.82) is 0 Å². The number of rotatable bonds is 5. The van der Waals surface area contributed by atoms with Gasteiger partial charge in [-0.3, -0.25) is 9.69 Å². The summed E-state index contributed by atoms with van der Waals surface area (Å²) in [5, 5.41) is 0. The number of likely N-dealkylation sites (tertiary alicyclic amines) is 1. The normalized spacial score (nSPS) is 15.9. The van der Waals surface area contributed by atoms with E-state index in [9.17, 15) is 4.79 Å². The summed E-state index contributed by atoms with van der Waals surface area (Å²) in [4.78, 5) is 17.8. The van der Waals surface area contributed by atoms with Crippen LogP contribution in [0.25, 0.3) is 16.8 Å². The fourth-order valence-corrected chi connectivity index (χ4v) is 3.78. The maximum atomic E-state index is 11.2. The van der Waals surface area contributed by atoms with Crippen LogP contribution in [0.5, 0.6) is 5.75 Å². The highest BCUT2D eigenvalue weighted by atomic mass is 16.5. The lowest BCUT2D eigenvalue weighted by molar-refractivity contribution is -0.118. The molecule has 5 heteroatoms. The first kappa shape index (κ1) is 17.7. The van der Waals surface area contributed by atoms with Crippen molar-refractivity contribution in [3.05, 3.63) is 54.5 Å². The molecule has 0 radical (unpaired) electrons. The molecular formula is C22H25N3O2. The maximum Gasteiger partial charge on any atom is 0.143 e. The van der Waals surface area contributed by atoms with Gasteiger partial charge in [0.1, 0.15) is 23.3 Å². The third-order valence-electron chi connectivity index (χ3n) is 5.14. The molecule has 5 nitrogen and oxygen atoms in total. The molecule has 0 bridgehead atoms. The molecule has 0 saturated carbocycles. The van der Waals surface area contributed by atoms with E-state index in [1.807, 2.05) is 24.5 Å². The van der Waals surface area contributed by atoms with Crippen LogP contribution in [0.15, 0.2) is 48.9 Å². The van der Waals surface area contributed by atoms with E-state index >= 15 is 0 Å². The summed E-state index contributed by atoms with van der Waals surface area (Å²) in [6.45, 7) is 6.14. The molecule has 0 aliphatic carbocycles. The van der Waals surface area contributed by atoms with E-state index < -0.39 is 0 Å². The number of aryl methyl sites for hydroxylation is 1. The number of pyridine rings is 1. The zero-order chi connectivity index (χ0) is 18.8. The third-order valence-corrected chi connectivity index (χ3v) is 5.14. The Kier molecular flexibility index (Phi) is 4.94. The van der Waals surface area contributed by atoms with Gasteiger partial charge in [-0.1, -0.05) is 12.1 Å². The fraction of sp³-hybridized carbons (Fsp3) is 0.364. The minimum atomic E-state index is 0.226. The number of ketones is 1. The maximum absolute atomic E-state index is 11.2. The predicted molar refractivity (Wildman–Crippen MR) is 106 cm³/mol. The third kappa shape index (κ3) is 4.03. The van der Waals surface area contributed by atoms with Crippen molar-refractivity contribution >= 4 is 11.4 Å². The molecule has 140 valence electrons. The van der Waals surface area contributed by atoms with E-state index in [2.05, 4.69) is 45.6 Å². The second-order valence-corrected chi connectivity index (χ2v) is 7.39. The van der Waals surface area contributed by atoms with Gasteiger partial charge in [0, 0.05) is 31.7 Å². The first-order chi connectivity index (χ1) is 13.1. The number of carbonyl (C=O) groups excluding carboxylic acids is 1. The van der Waals surface area contributed by atoms with Crippen LogP contribution in [0.3, 0.4) is 0 Å². The van der Waals surface area contributed by atoms with Crippen LogP contribution in [0.2, 0.25) is 0 Å². The summed E-state index contributed by atoms with van der Waals surface area (Å²) in [5.41, 5.74) is 4.49. The van der Waals surface area contributed by atoms with Gasteiger partial charge in [-0.05, 0) is 61.6 Å². The summed E-state index contributed by atoms with van der Waals surface area (Å²) in [7, 11) is 0. The molecule has 1 aliphatic heterocycles. The molecule has 3 heterocycles. The molecule has 0 spiro atoms. The van der Waals surface area contributed by atoms with Crippen LogP contribution < -0.4 is 4.74 Å². The summed E-state index contributed by atoms with van der Waals surface area (Å²) in [6.07, 6.45) is 8.06. The number of imidazole rings is 1. The zero-order valence-corrected chi connectivity index (χ0v) is 15.9. The number of carbonyl (C=O) groups is 1. The standard InChI is InChI=1S/C22H25N3O2/c1-16-13-19(15-25-12-9-23-22(16)25)18-3-5-20(6-4-18)27-21-7-10-24(11-8-21)14-17(2)26/h3-6,9,12-13,15,21H,7-8,10-11,14H2,1-2H3. The molecule has 0 N–H and O–H groups in total. The fourth-order valence-electron chi connectivity index (χ4n) is 3.78. The second-order valence-electron chi connectivity index (χ2n) is 7.39. The molecule has 1 aromatic carbocycles. The van der Waals surface area contributed by atoms with Crippen LogP contribution in [-0.2, 0) is 4.79 Å². The predicted octanol–water partition coefficient (Wildman–Crippen LogP) is 3.74. The van der Waals surface area contributed by atoms with Gasteiger partial charge in [0.15, 0.2) is 0 Å². The summed E-state index contributed by atoms with van der Waals surface area (Å²) in [6, 6.07) is 10.5. The quantitative estimate of drug-likeness (QED) is 0.693. The van der Waals surface area contributed by atoms with Gasteiger partial charge in [-0.15, -0.1) is 0 Å². The van der Waals surface area contributed by atoms with Gasteiger partial charge < -0.3 is 9.14 Å². The Hall–Kier alpha value is -2.66. The number of piperidine rings is 1. The smallest absolute Gasteiger partial charge is 0.143 e. The van der Waals surface area contributed by atoms with E-state index in [1.54, 1.807) is 6.92 Å². The average molecular weight is 363 g/mol. The first-order valence-corrected chi connectivity index (χ1v) is 9.51. The molecule has 4 rings (SSSR count). The lowest BCUT2D eigenvalue weighted by Gasteiger charge is -2.31. The Morgan fingerprint density at radius 3 is 2.63 bits per heavy atom. The van der Waals surface area contributed by atoms with Crippen LogP contribution in [-0.4, -0.2) is 45.8 Å². The molecule has 3 aromatic rings. The highest BCUT2D eigenvalue weighted by molar-refractivity contribution is 5.77. The Morgan fingerprint density at radius 2 is 1.93 bits per heavy atom. The van der Waals surface area contributed by atoms with Crippen molar-refractivity contribution < 1.29 is 9.53 Å². The van der Waals surface area contributed by atoms with Gasteiger partial charge >= 0.3 is 0 Å². The molecule has 2 aromatic heterocycles. The largest absolute Gasteiger partial charge is 0.490 e. The number of nitrogens with zero attached hydrogens (tertiary/aromatic N) is 3. The van der Waals surface area contributed by atoms with E-state index in [0.717, 1.165) is 48.5 Å².